The van der Waals surface area contributed by atoms with Crippen LogP contribution in [0.2, 0.25) is 0 Å². The lowest BCUT2D eigenvalue weighted by molar-refractivity contribution is 0.0914. The summed E-state index contributed by atoms with van der Waals surface area (Å²) in [7, 11) is 0. The summed E-state index contributed by atoms with van der Waals surface area (Å²) in [5, 5.41) is 6.65. The highest BCUT2D eigenvalue weighted by Crippen LogP contribution is 2.31. The molecule has 4 heteroatoms. The van der Waals surface area contributed by atoms with Crippen molar-refractivity contribution in [2.24, 2.45) is 11.8 Å². The summed E-state index contributed by atoms with van der Waals surface area (Å²) >= 11 is 0. The number of carbonyl (C=O) groups excluding carboxylic acids is 1. The number of piperidine rings is 1. The molecule has 0 radical (unpaired) electrons. The molecule has 1 aromatic rings. The molecule has 1 saturated heterocycles. The molecule has 2 N–H and O–H groups in total. The lowest BCUT2D eigenvalue weighted by Gasteiger charge is -2.26. The Bertz CT molecular complexity index is 490. The Balaban J connectivity index is 1.69. The Labute approximate surface area is 127 Å². The predicted octanol–water partition coefficient (Wildman–Crippen LogP) is 2.58. The van der Waals surface area contributed by atoms with E-state index in [-0.39, 0.29) is 5.91 Å². The van der Waals surface area contributed by atoms with Gasteiger partial charge in [0.05, 0.1) is 0 Å². The van der Waals surface area contributed by atoms with E-state index in [1.54, 1.807) is 0 Å². The quantitative estimate of drug-likeness (QED) is 0.898. The van der Waals surface area contributed by atoms with E-state index < -0.39 is 0 Å². The Morgan fingerprint density at radius 3 is 2.67 bits per heavy atom. The first-order valence-corrected chi connectivity index (χ1v) is 8.35. The smallest absolute Gasteiger partial charge is 0.268 e. The van der Waals surface area contributed by atoms with Gasteiger partial charge in [0, 0.05) is 18.3 Å². The van der Waals surface area contributed by atoms with E-state index in [4.69, 9.17) is 0 Å². The van der Waals surface area contributed by atoms with Crippen LogP contribution in [0.1, 0.15) is 56.1 Å². The number of hydrogen-bond acceptors (Lipinski definition) is 2. The molecule has 3 unspecified atom stereocenters. The lowest BCUT2D eigenvalue weighted by Crippen LogP contribution is -2.39. The second-order valence-corrected chi connectivity index (χ2v) is 6.78. The first-order chi connectivity index (χ1) is 10.2. The van der Waals surface area contributed by atoms with Gasteiger partial charge in [0.2, 0.25) is 0 Å². The summed E-state index contributed by atoms with van der Waals surface area (Å²) in [6, 6.07) is 4.75. The molecule has 1 aliphatic heterocycles. The number of aromatic nitrogens is 1. The van der Waals surface area contributed by atoms with Gasteiger partial charge in [-0.1, -0.05) is 13.8 Å². The average molecular weight is 289 g/mol. The molecule has 4 nitrogen and oxygen atoms in total. The molecule has 3 rings (SSSR count). The van der Waals surface area contributed by atoms with Crippen molar-refractivity contribution < 1.29 is 4.79 Å². The van der Waals surface area contributed by atoms with Crippen LogP contribution in [0.5, 0.6) is 0 Å². The standard InChI is InChI=1S/C17H27N3O/c1-12-5-6-15(13(12)2)19-17(21)16-4-3-11-20(16)14-7-9-18-10-8-14/h3-4,11-15,18H,5-10H2,1-2H3,(H,19,21). The van der Waals surface area contributed by atoms with Crippen LogP contribution in [0.25, 0.3) is 0 Å². The monoisotopic (exact) mass is 289 g/mol. The Kier molecular flexibility index (Phi) is 4.34. The topological polar surface area (TPSA) is 46.1 Å². The van der Waals surface area contributed by atoms with Crippen LogP contribution in [0, 0.1) is 11.8 Å². The Morgan fingerprint density at radius 2 is 2.00 bits per heavy atom. The highest BCUT2D eigenvalue weighted by molar-refractivity contribution is 5.93. The van der Waals surface area contributed by atoms with Gasteiger partial charge in [0.15, 0.2) is 0 Å². The molecule has 0 bridgehead atoms. The summed E-state index contributed by atoms with van der Waals surface area (Å²) < 4.78 is 2.18. The minimum Gasteiger partial charge on any atom is -0.348 e. The first kappa shape index (κ1) is 14.6. The van der Waals surface area contributed by atoms with E-state index in [0.29, 0.717) is 23.9 Å². The average Bonchev–Trinajstić information content (AvgIpc) is 3.10. The highest BCUT2D eigenvalue weighted by atomic mass is 16.2. The summed E-state index contributed by atoms with van der Waals surface area (Å²) in [6.07, 6.45) is 6.60. The van der Waals surface area contributed by atoms with E-state index in [2.05, 4.69) is 35.2 Å². The number of rotatable bonds is 3. The third kappa shape index (κ3) is 3.00. The third-order valence-electron chi connectivity index (χ3n) is 5.50. The second kappa shape index (κ2) is 6.22. The molecule has 0 spiro atoms. The molecular weight excluding hydrogens is 262 g/mol. The minimum atomic E-state index is 0.101. The van der Waals surface area contributed by atoms with Crippen molar-refractivity contribution in [1.29, 1.82) is 0 Å². The van der Waals surface area contributed by atoms with Gasteiger partial charge in [-0.05, 0) is 62.7 Å². The van der Waals surface area contributed by atoms with Crippen LogP contribution in [-0.2, 0) is 0 Å². The van der Waals surface area contributed by atoms with Gasteiger partial charge < -0.3 is 15.2 Å². The molecular formula is C17H27N3O. The number of nitrogens with one attached hydrogen (secondary N) is 2. The number of carbonyl (C=O) groups is 1. The van der Waals surface area contributed by atoms with Crippen molar-refractivity contribution in [2.45, 2.75) is 51.6 Å². The molecule has 116 valence electrons. The molecule has 1 aromatic heterocycles. The molecule has 1 amide bonds. The summed E-state index contributed by atoms with van der Waals surface area (Å²) in [5.41, 5.74) is 0.827. The molecule has 1 aliphatic carbocycles. The van der Waals surface area contributed by atoms with Crippen molar-refractivity contribution in [3.63, 3.8) is 0 Å². The normalized spacial score (nSPS) is 30.5. The third-order valence-corrected chi connectivity index (χ3v) is 5.50. The van der Waals surface area contributed by atoms with Gasteiger partial charge in [0.25, 0.3) is 5.91 Å². The van der Waals surface area contributed by atoms with E-state index in [1.165, 1.54) is 6.42 Å². The van der Waals surface area contributed by atoms with Crippen LogP contribution in [0.15, 0.2) is 18.3 Å². The summed E-state index contributed by atoms with van der Waals surface area (Å²) in [5.74, 6) is 1.40. The van der Waals surface area contributed by atoms with E-state index in [9.17, 15) is 4.79 Å². The van der Waals surface area contributed by atoms with Gasteiger partial charge in [-0.3, -0.25) is 4.79 Å². The number of hydrogen-bond donors (Lipinski definition) is 2. The molecule has 0 aromatic carbocycles. The van der Waals surface area contributed by atoms with Gasteiger partial charge in [-0.2, -0.15) is 0 Å². The first-order valence-electron chi connectivity index (χ1n) is 8.35. The molecule has 2 fully saturated rings. The van der Waals surface area contributed by atoms with Crippen molar-refractivity contribution in [3.05, 3.63) is 24.0 Å². The molecule has 3 atom stereocenters. The second-order valence-electron chi connectivity index (χ2n) is 6.78. The fraction of sp³-hybridized carbons (Fsp3) is 0.706. The maximum atomic E-state index is 12.6. The molecule has 1 saturated carbocycles. The number of nitrogens with zero attached hydrogens (tertiary/aromatic N) is 1. The zero-order valence-electron chi connectivity index (χ0n) is 13.1. The number of amides is 1. The van der Waals surface area contributed by atoms with E-state index in [1.807, 2.05) is 12.1 Å². The van der Waals surface area contributed by atoms with Crippen LogP contribution in [0.4, 0.5) is 0 Å². The zero-order valence-corrected chi connectivity index (χ0v) is 13.1. The van der Waals surface area contributed by atoms with Gasteiger partial charge in [-0.25, -0.2) is 0 Å². The SMILES string of the molecule is CC1CCC(NC(=O)c2cccn2C2CCNCC2)C1C. The van der Waals surface area contributed by atoms with Gasteiger partial charge in [0.1, 0.15) is 5.69 Å². The van der Waals surface area contributed by atoms with Crippen LogP contribution < -0.4 is 10.6 Å². The molecule has 2 aliphatic rings. The van der Waals surface area contributed by atoms with Crippen LogP contribution in [-0.4, -0.2) is 29.6 Å². The Hall–Kier alpha value is -1.29. The van der Waals surface area contributed by atoms with E-state index in [0.717, 1.165) is 38.0 Å². The van der Waals surface area contributed by atoms with Crippen molar-refractivity contribution >= 4 is 5.91 Å². The highest BCUT2D eigenvalue weighted by Gasteiger charge is 2.31. The maximum absolute atomic E-state index is 12.6. The van der Waals surface area contributed by atoms with Crippen molar-refractivity contribution in [2.75, 3.05) is 13.1 Å². The van der Waals surface area contributed by atoms with Crippen molar-refractivity contribution in [3.8, 4) is 0 Å². The predicted molar refractivity (Wildman–Crippen MR) is 84.4 cm³/mol. The van der Waals surface area contributed by atoms with Crippen molar-refractivity contribution in [1.82, 2.24) is 15.2 Å². The maximum Gasteiger partial charge on any atom is 0.268 e. The largest absolute Gasteiger partial charge is 0.348 e. The van der Waals surface area contributed by atoms with E-state index >= 15 is 0 Å². The molecule has 2 heterocycles. The zero-order chi connectivity index (χ0) is 14.8. The summed E-state index contributed by atoms with van der Waals surface area (Å²) in [6.45, 7) is 6.63. The van der Waals surface area contributed by atoms with Crippen LogP contribution >= 0.6 is 0 Å². The Morgan fingerprint density at radius 1 is 1.24 bits per heavy atom. The van der Waals surface area contributed by atoms with Crippen LogP contribution in [0.3, 0.4) is 0 Å². The fourth-order valence-electron chi connectivity index (χ4n) is 3.80. The minimum absolute atomic E-state index is 0.101. The lowest BCUT2D eigenvalue weighted by atomic mass is 9.98. The summed E-state index contributed by atoms with van der Waals surface area (Å²) in [4.78, 5) is 12.6. The molecule has 21 heavy (non-hydrogen) atoms. The fourth-order valence-corrected chi connectivity index (χ4v) is 3.80. The van der Waals surface area contributed by atoms with Gasteiger partial charge in [-0.15, -0.1) is 0 Å². The van der Waals surface area contributed by atoms with Gasteiger partial charge >= 0.3 is 0 Å².